The highest BCUT2D eigenvalue weighted by Gasteiger charge is 2.63. The fourth-order valence-corrected chi connectivity index (χ4v) is 15.5. The van der Waals surface area contributed by atoms with Crippen LogP contribution in [0.15, 0.2) is 23.3 Å². The smallest absolute Gasteiger partial charge is 0.306 e. The van der Waals surface area contributed by atoms with Gasteiger partial charge in [0.15, 0.2) is 11.6 Å². The Morgan fingerprint density at radius 1 is 0.614 bits per heavy atom. The van der Waals surface area contributed by atoms with E-state index in [0.29, 0.717) is 91.8 Å². The molecule has 8 heteroatoms. The molecule has 1 N–H and O–H groups in total. The summed E-state index contributed by atoms with van der Waals surface area (Å²) in [7, 11) is 0. The van der Waals surface area contributed by atoms with Gasteiger partial charge in [-0.2, -0.15) is 0 Å². The van der Waals surface area contributed by atoms with Crippen molar-refractivity contribution in [2.75, 3.05) is 6.54 Å². The van der Waals surface area contributed by atoms with Gasteiger partial charge in [0.2, 0.25) is 5.91 Å². The summed E-state index contributed by atoms with van der Waals surface area (Å²) in [6.45, 7) is 14.8. The molecule has 6 fully saturated rings. The van der Waals surface area contributed by atoms with E-state index >= 15 is 0 Å². The number of unbranched alkanes of at least 4 members (excludes halogenated alkanes) is 1. The van der Waals surface area contributed by atoms with E-state index in [2.05, 4.69) is 46.9 Å². The summed E-state index contributed by atoms with van der Waals surface area (Å²) in [6, 6.07) is 0. The molecule has 0 aromatic carbocycles. The molecule has 0 aromatic rings. The second-order valence-corrected chi connectivity index (χ2v) is 21.6. The summed E-state index contributed by atoms with van der Waals surface area (Å²) in [5.74, 6) is 4.52. The summed E-state index contributed by atoms with van der Waals surface area (Å²) >= 11 is 0. The van der Waals surface area contributed by atoms with Gasteiger partial charge in [-0.15, -0.1) is 0 Å². The predicted molar refractivity (Wildman–Crippen MR) is 218 cm³/mol. The minimum atomic E-state index is -0.280. The molecule has 8 rings (SSSR count). The van der Waals surface area contributed by atoms with E-state index in [1.807, 2.05) is 12.2 Å². The lowest BCUT2D eigenvalue weighted by atomic mass is 9.45. The van der Waals surface area contributed by atoms with Crippen molar-refractivity contribution in [3.05, 3.63) is 23.3 Å². The standard InChI is InChI=1S/C49H71NO7/c1-29-25-31-27-33(51)16-20-46(31,3)37-18-22-48(5)35(44(29)37)10-12-39(48)56-42(54)9-7-8-24-50-41(53)14-15-43(55)57-40-13-11-36-45-30(2)26-32-28-34(52)17-21-47(32,4)38(45)19-23-49(36,40)6/h27-30,35-40,44-45H,7-26H2,1-6H3,(H,50,53)/t29-,30+,35?,36?,37?,38?,39+,40-,44?,45?,46+,47-,48+,49-/m0/s1. The molecule has 0 radical (unpaired) electrons. The van der Waals surface area contributed by atoms with Crippen LogP contribution in [-0.4, -0.2) is 48.2 Å². The summed E-state index contributed by atoms with van der Waals surface area (Å²) in [5.41, 5.74) is 2.98. The van der Waals surface area contributed by atoms with E-state index in [-0.39, 0.29) is 70.3 Å². The molecule has 8 nitrogen and oxygen atoms in total. The molecule has 6 unspecified atom stereocenters. The summed E-state index contributed by atoms with van der Waals surface area (Å²) in [5, 5.41) is 2.95. The number of hydrogen-bond acceptors (Lipinski definition) is 7. The van der Waals surface area contributed by atoms with Crippen LogP contribution < -0.4 is 5.32 Å². The number of hydrogen-bond donors (Lipinski definition) is 1. The van der Waals surface area contributed by atoms with Crippen molar-refractivity contribution in [2.24, 2.45) is 69.0 Å². The Kier molecular flexibility index (Phi) is 11.0. The number of ketones is 2. The third kappa shape index (κ3) is 7.10. The zero-order valence-corrected chi connectivity index (χ0v) is 35.9. The SMILES string of the molecule is C[C@@H]1CC2=CC(=O)CC[C@]2(C)C2CC[C@@]3(C)C(CC[C@@H]3OC(=O)CCC(=O)NCCCCC(=O)O[C@@H]3CCC4C5C(CC[C@]43C)[C@]3(C)CCC(=O)C=C3C[C@@H]5C)C21. The average Bonchev–Trinajstić information content (AvgIpc) is 3.67. The Labute approximate surface area is 341 Å². The maximum atomic E-state index is 13.1. The monoisotopic (exact) mass is 786 g/mol. The van der Waals surface area contributed by atoms with E-state index in [1.165, 1.54) is 11.1 Å². The molecule has 0 spiro atoms. The van der Waals surface area contributed by atoms with Gasteiger partial charge in [-0.05, 0) is 160 Å². The van der Waals surface area contributed by atoms with Crippen LogP contribution in [-0.2, 0) is 33.4 Å². The van der Waals surface area contributed by atoms with Crippen molar-refractivity contribution in [3.63, 3.8) is 0 Å². The molecule has 0 aromatic heterocycles. The summed E-state index contributed by atoms with van der Waals surface area (Å²) in [4.78, 5) is 63.5. The first-order valence-electron chi connectivity index (χ1n) is 23.2. The van der Waals surface area contributed by atoms with Crippen LogP contribution >= 0.6 is 0 Å². The van der Waals surface area contributed by atoms with Crippen LogP contribution in [0.25, 0.3) is 0 Å². The fraction of sp³-hybridized carbons (Fsp3) is 0.816. The van der Waals surface area contributed by atoms with Gasteiger partial charge in [0, 0.05) is 43.1 Å². The molecule has 314 valence electrons. The number of nitrogens with one attached hydrogen (secondary N) is 1. The average molecular weight is 786 g/mol. The normalized spacial score (nSPS) is 44.5. The zero-order chi connectivity index (χ0) is 40.5. The van der Waals surface area contributed by atoms with Crippen molar-refractivity contribution in [2.45, 2.75) is 176 Å². The van der Waals surface area contributed by atoms with Gasteiger partial charge in [-0.3, -0.25) is 24.0 Å². The van der Waals surface area contributed by atoms with E-state index in [9.17, 15) is 24.0 Å². The van der Waals surface area contributed by atoms with Crippen LogP contribution in [0.3, 0.4) is 0 Å². The van der Waals surface area contributed by atoms with E-state index in [4.69, 9.17) is 9.47 Å². The highest BCUT2D eigenvalue weighted by atomic mass is 16.5. The van der Waals surface area contributed by atoms with Crippen LogP contribution in [0.2, 0.25) is 0 Å². The number of amides is 1. The fourth-order valence-electron chi connectivity index (χ4n) is 15.5. The van der Waals surface area contributed by atoms with Gasteiger partial charge in [-0.1, -0.05) is 52.7 Å². The topological polar surface area (TPSA) is 116 Å². The predicted octanol–water partition coefficient (Wildman–Crippen LogP) is 9.43. The molecule has 0 heterocycles. The molecule has 0 aliphatic heterocycles. The first kappa shape index (κ1) is 41.0. The maximum absolute atomic E-state index is 13.1. The third-order valence-electron chi connectivity index (χ3n) is 18.7. The molecule has 8 aliphatic rings. The molecule has 1 amide bonds. The van der Waals surface area contributed by atoms with Crippen LogP contribution in [0.4, 0.5) is 0 Å². The Hall–Kier alpha value is -2.77. The van der Waals surface area contributed by atoms with Crippen molar-refractivity contribution in [1.82, 2.24) is 5.32 Å². The highest BCUT2D eigenvalue weighted by molar-refractivity contribution is 5.92. The summed E-state index contributed by atoms with van der Waals surface area (Å²) in [6.07, 6.45) is 19.3. The van der Waals surface area contributed by atoms with Gasteiger partial charge >= 0.3 is 11.9 Å². The third-order valence-corrected chi connectivity index (χ3v) is 18.7. The largest absolute Gasteiger partial charge is 0.462 e. The van der Waals surface area contributed by atoms with E-state index in [1.54, 1.807) is 0 Å². The molecular weight excluding hydrogens is 715 g/mol. The Morgan fingerprint density at radius 3 is 1.58 bits per heavy atom. The van der Waals surface area contributed by atoms with Crippen molar-refractivity contribution in [3.8, 4) is 0 Å². The number of esters is 2. The molecular formula is C49H71NO7. The molecule has 8 aliphatic carbocycles. The van der Waals surface area contributed by atoms with Crippen molar-refractivity contribution in [1.29, 1.82) is 0 Å². The lowest BCUT2D eigenvalue weighted by Crippen LogP contribution is -2.54. The Bertz CT molecular complexity index is 1710. The first-order valence-corrected chi connectivity index (χ1v) is 23.2. The Balaban J connectivity index is 0.741. The Morgan fingerprint density at radius 2 is 1.09 bits per heavy atom. The first-order chi connectivity index (χ1) is 27.1. The molecule has 0 bridgehead atoms. The molecule has 14 atom stereocenters. The zero-order valence-electron chi connectivity index (χ0n) is 35.9. The minimum Gasteiger partial charge on any atom is -0.462 e. The number of fused-ring (bicyclic) bond motifs is 10. The number of carbonyl (C=O) groups excluding carboxylic acids is 5. The van der Waals surface area contributed by atoms with Crippen LogP contribution in [0, 0.1) is 69.0 Å². The summed E-state index contributed by atoms with van der Waals surface area (Å²) < 4.78 is 12.4. The van der Waals surface area contributed by atoms with Gasteiger partial charge < -0.3 is 14.8 Å². The van der Waals surface area contributed by atoms with Crippen LogP contribution in [0.1, 0.15) is 164 Å². The lowest BCUT2D eigenvalue weighted by molar-refractivity contribution is -0.162. The van der Waals surface area contributed by atoms with E-state index < -0.39 is 0 Å². The molecule has 0 saturated heterocycles. The maximum Gasteiger partial charge on any atom is 0.306 e. The molecule has 57 heavy (non-hydrogen) atoms. The van der Waals surface area contributed by atoms with Gasteiger partial charge in [0.1, 0.15) is 12.2 Å². The highest BCUT2D eigenvalue weighted by Crippen LogP contribution is 2.68. The van der Waals surface area contributed by atoms with Crippen molar-refractivity contribution >= 4 is 29.4 Å². The van der Waals surface area contributed by atoms with Crippen LogP contribution in [0.5, 0.6) is 0 Å². The van der Waals surface area contributed by atoms with Gasteiger partial charge in [0.05, 0.1) is 6.42 Å². The van der Waals surface area contributed by atoms with Crippen molar-refractivity contribution < 1.29 is 33.4 Å². The second-order valence-electron chi connectivity index (χ2n) is 21.6. The molecule has 6 saturated carbocycles. The van der Waals surface area contributed by atoms with E-state index in [0.717, 1.165) is 77.0 Å². The van der Waals surface area contributed by atoms with Gasteiger partial charge in [0.25, 0.3) is 0 Å². The second kappa shape index (κ2) is 15.4. The number of carbonyl (C=O) groups is 5. The quantitative estimate of drug-likeness (QED) is 0.173. The minimum absolute atomic E-state index is 0.00587. The van der Waals surface area contributed by atoms with Gasteiger partial charge in [-0.25, -0.2) is 0 Å². The number of rotatable bonds is 10. The lowest BCUT2D eigenvalue weighted by Gasteiger charge is -2.59. The number of allylic oxidation sites excluding steroid dienone is 2. The number of ether oxygens (including phenoxy) is 2.